The summed E-state index contributed by atoms with van der Waals surface area (Å²) < 4.78 is 13.3. The van der Waals surface area contributed by atoms with Gasteiger partial charge in [-0.25, -0.2) is 4.39 Å². The van der Waals surface area contributed by atoms with E-state index in [0.29, 0.717) is 28.0 Å². The molecule has 2 aromatic rings. The molecule has 0 aromatic heterocycles. The van der Waals surface area contributed by atoms with E-state index in [0.717, 1.165) is 11.1 Å². The van der Waals surface area contributed by atoms with Gasteiger partial charge in [-0.15, -0.1) is 0 Å². The zero-order chi connectivity index (χ0) is 13.3. The fraction of sp³-hybridized carbons (Fsp3) is 0.133. The summed E-state index contributed by atoms with van der Waals surface area (Å²) in [6, 6.07) is 7.76. The Morgan fingerprint density at radius 3 is 2.39 bits per heavy atom. The van der Waals surface area contributed by atoms with E-state index in [9.17, 15) is 9.18 Å². The Morgan fingerprint density at radius 2 is 1.72 bits per heavy atom. The maximum Gasteiger partial charge on any atom is 0.150 e. The quantitative estimate of drug-likeness (QED) is 0.724. The smallest absolute Gasteiger partial charge is 0.150 e. The Bertz CT molecular complexity index is 620. The fourth-order valence-corrected chi connectivity index (χ4v) is 2.17. The van der Waals surface area contributed by atoms with Crippen LogP contribution in [0.3, 0.4) is 0 Å². The SMILES string of the molecule is Cc1cc(Cl)c(-c2cc(F)ccc2C=O)cc1C. The van der Waals surface area contributed by atoms with Gasteiger partial charge in [0.2, 0.25) is 0 Å². The van der Waals surface area contributed by atoms with Gasteiger partial charge < -0.3 is 0 Å². The standard InChI is InChI=1S/C15H12ClFO/c1-9-5-14(15(16)6-10(9)2)13-7-12(17)4-3-11(13)8-18/h3-8H,1-2H3. The number of halogens is 2. The van der Waals surface area contributed by atoms with E-state index in [-0.39, 0.29) is 5.82 Å². The summed E-state index contributed by atoms with van der Waals surface area (Å²) in [6.07, 6.45) is 0.709. The topological polar surface area (TPSA) is 17.1 Å². The molecule has 0 bridgehead atoms. The van der Waals surface area contributed by atoms with Crippen LogP contribution >= 0.6 is 11.6 Å². The molecule has 0 aliphatic carbocycles. The highest BCUT2D eigenvalue weighted by molar-refractivity contribution is 6.33. The molecule has 0 heterocycles. The van der Waals surface area contributed by atoms with Crippen molar-refractivity contribution in [2.75, 3.05) is 0 Å². The zero-order valence-corrected chi connectivity index (χ0v) is 10.9. The summed E-state index contributed by atoms with van der Waals surface area (Å²) >= 11 is 6.18. The van der Waals surface area contributed by atoms with Crippen LogP contribution in [0.4, 0.5) is 4.39 Å². The lowest BCUT2D eigenvalue weighted by Gasteiger charge is -2.10. The van der Waals surface area contributed by atoms with Crippen LogP contribution in [0.5, 0.6) is 0 Å². The minimum atomic E-state index is -0.384. The van der Waals surface area contributed by atoms with Gasteiger partial charge in [0.05, 0.1) is 0 Å². The van der Waals surface area contributed by atoms with Crippen LogP contribution in [-0.2, 0) is 0 Å². The second-order valence-electron chi connectivity index (χ2n) is 4.27. The maximum atomic E-state index is 13.3. The molecule has 2 aromatic carbocycles. The number of hydrogen-bond donors (Lipinski definition) is 0. The second kappa shape index (κ2) is 4.91. The first-order valence-electron chi connectivity index (χ1n) is 5.55. The van der Waals surface area contributed by atoms with E-state index in [1.807, 2.05) is 26.0 Å². The monoisotopic (exact) mass is 262 g/mol. The molecule has 18 heavy (non-hydrogen) atoms. The van der Waals surface area contributed by atoms with Gasteiger partial charge in [0.1, 0.15) is 5.82 Å². The lowest BCUT2D eigenvalue weighted by Crippen LogP contribution is -1.92. The molecule has 1 nitrogen and oxygen atoms in total. The first kappa shape index (κ1) is 12.8. The van der Waals surface area contributed by atoms with Crippen LogP contribution in [0.15, 0.2) is 30.3 Å². The number of rotatable bonds is 2. The lowest BCUT2D eigenvalue weighted by atomic mass is 9.97. The van der Waals surface area contributed by atoms with Crippen LogP contribution in [0, 0.1) is 19.7 Å². The van der Waals surface area contributed by atoms with E-state index < -0.39 is 0 Å². The lowest BCUT2D eigenvalue weighted by molar-refractivity contribution is 0.112. The molecule has 0 radical (unpaired) electrons. The van der Waals surface area contributed by atoms with Crippen LogP contribution in [0.25, 0.3) is 11.1 Å². The summed E-state index contributed by atoms with van der Waals surface area (Å²) in [5, 5.41) is 0.520. The molecule has 0 saturated carbocycles. The molecular formula is C15H12ClFO. The largest absolute Gasteiger partial charge is 0.298 e. The Balaban J connectivity index is 2.72. The number of benzene rings is 2. The van der Waals surface area contributed by atoms with Crippen molar-refractivity contribution >= 4 is 17.9 Å². The third-order valence-electron chi connectivity index (χ3n) is 3.02. The molecule has 92 valence electrons. The van der Waals surface area contributed by atoms with Gasteiger partial charge in [-0.2, -0.15) is 0 Å². The van der Waals surface area contributed by atoms with E-state index >= 15 is 0 Å². The van der Waals surface area contributed by atoms with Crippen LogP contribution in [0.2, 0.25) is 5.02 Å². The summed E-state index contributed by atoms with van der Waals surface area (Å²) in [5.41, 5.74) is 3.75. The molecule has 0 unspecified atom stereocenters. The predicted octanol–water partition coefficient (Wildman–Crippen LogP) is 4.58. The molecule has 0 fully saturated rings. The molecule has 0 aliphatic heterocycles. The van der Waals surface area contributed by atoms with Crippen molar-refractivity contribution in [3.8, 4) is 11.1 Å². The van der Waals surface area contributed by atoms with Gasteiger partial charge in [-0.05, 0) is 60.9 Å². The van der Waals surface area contributed by atoms with E-state index in [1.165, 1.54) is 18.2 Å². The number of hydrogen-bond acceptors (Lipinski definition) is 1. The van der Waals surface area contributed by atoms with Crippen molar-refractivity contribution in [2.24, 2.45) is 0 Å². The highest BCUT2D eigenvalue weighted by Crippen LogP contribution is 2.32. The van der Waals surface area contributed by atoms with Crippen LogP contribution in [-0.4, -0.2) is 6.29 Å². The predicted molar refractivity (Wildman–Crippen MR) is 71.7 cm³/mol. The first-order chi connectivity index (χ1) is 8.52. The summed E-state index contributed by atoms with van der Waals surface area (Å²) in [6.45, 7) is 3.91. The third-order valence-corrected chi connectivity index (χ3v) is 3.33. The third kappa shape index (κ3) is 2.29. The van der Waals surface area contributed by atoms with Crippen molar-refractivity contribution in [1.82, 2.24) is 0 Å². The molecule has 0 aliphatic rings. The van der Waals surface area contributed by atoms with Gasteiger partial charge in [-0.1, -0.05) is 11.6 Å². The average Bonchev–Trinajstić information content (AvgIpc) is 2.34. The zero-order valence-electron chi connectivity index (χ0n) is 10.1. The molecule has 0 saturated heterocycles. The molecule has 0 N–H and O–H groups in total. The highest BCUT2D eigenvalue weighted by Gasteiger charge is 2.11. The van der Waals surface area contributed by atoms with Crippen molar-refractivity contribution in [1.29, 1.82) is 0 Å². The van der Waals surface area contributed by atoms with Crippen molar-refractivity contribution < 1.29 is 9.18 Å². The average molecular weight is 263 g/mol. The molecule has 0 spiro atoms. The summed E-state index contributed by atoms with van der Waals surface area (Å²) in [7, 11) is 0. The van der Waals surface area contributed by atoms with E-state index in [4.69, 9.17) is 11.6 Å². The van der Waals surface area contributed by atoms with Gasteiger partial charge in [0.25, 0.3) is 0 Å². The van der Waals surface area contributed by atoms with Crippen molar-refractivity contribution in [3.05, 3.63) is 57.9 Å². The highest BCUT2D eigenvalue weighted by atomic mass is 35.5. The van der Waals surface area contributed by atoms with Gasteiger partial charge in [-0.3, -0.25) is 4.79 Å². The Labute approximate surface area is 110 Å². The Morgan fingerprint density at radius 1 is 1.06 bits per heavy atom. The molecule has 0 atom stereocenters. The number of aryl methyl sites for hydroxylation is 2. The number of carbonyl (C=O) groups is 1. The number of carbonyl (C=O) groups excluding carboxylic acids is 1. The number of aldehydes is 1. The van der Waals surface area contributed by atoms with Crippen LogP contribution in [0.1, 0.15) is 21.5 Å². The fourth-order valence-electron chi connectivity index (χ4n) is 1.85. The summed E-state index contributed by atoms with van der Waals surface area (Å²) in [4.78, 5) is 11.0. The molecule has 0 amide bonds. The summed E-state index contributed by atoms with van der Waals surface area (Å²) in [5.74, 6) is -0.384. The van der Waals surface area contributed by atoms with Crippen molar-refractivity contribution in [3.63, 3.8) is 0 Å². The molecule has 2 rings (SSSR count). The Hall–Kier alpha value is -1.67. The van der Waals surface area contributed by atoms with Crippen molar-refractivity contribution in [2.45, 2.75) is 13.8 Å². The van der Waals surface area contributed by atoms with E-state index in [1.54, 1.807) is 0 Å². The second-order valence-corrected chi connectivity index (χ2v) is 4.67. The van der Waals surface area contributed by atoms with E-state index in [2.05, 4.69) is 0 Å². The normalized spacial score (nSPS) is 10.4. The first-order valence-corrected chi connectivity index (χ1v) is 5.92. The van der Waals surface area contributed by atoms with Crippen LogP contribution < -0.4 is 0 Å². The Kier molecular flexibility index (Phi) is 3.48. The maximum absolute atomic E-state index is 13.3. The minimum absolute atomic E-state index is 0.384. The van der Waals surface area contributed by atoms with Gasteiger partial charge in [0, 0.05) is 16.1 Å². The van der Waals surface area contributed by atoms with Gasteiger partial charge >= 0.3 is 0 Å². The molecular weight excluding hydrogens is 251 g/mol. The molecule has 3 heteroatoms. The minimum Gasteiger partial charge on any atom is -0.298 e. The van der Waals surface area contributed by atoms with Gasteiger partial charge in [0.15, 0.2) is 6.29 Å².